The number of hydrogen-bond acceptors (Lipinski definition) is 4. The van der Waals surface area contributed by atoms with E-state index in [1.54, 1.807) is 0 Å². The lowest BCUT2D eigenvalue weighted by Crippen LogP contribution is -2.41. The first kappa shape index (κ1) is 20.4. The summed E-state index contributed by atoms with van der Waals surface area (Å²) in [6.45, 7) is 11.0. The van der Waals surface area contributed by atoms with Gasteiger partial charge in [0.15, 0.2) is 5.96 Å². The number of guanidine groups is 1. The molecule has 154 valence electrons. The third kappa shape index (κ3) is 5.57. The van der Waals surface area contributed by atoms with Crippen molar-refractivity contribution < 1.29 is 9.53 Å². The van der Waals surface area contributed by atoms with Crippen molar-refractivity contribution in [3.63, 3.8) is 0 Å². The number of unbranched alkanes of at least 4 members (excludes halogenated alkanes) is 1. The highest BCUT2D eigenvalue weighted by molar-refractivity contribution is 5.80. The fraction of sp³-hybridized carbons (Fsp3) is 0.900. The molecule has 0 aromatic rings. The van der Waals surface area contributed by atoms with Crippen LogP contribution < -0.4 is 11.1 Å². The van der Waals surface area contributed by atoms with Gasteiger partial charge in [0, 0.05) is 44.1 Å². The summed E-state index contributed by atoms with van der Waals surface area (Å²) in [6, 6.07) is 0. The number of nitrogens with one attached hydrogen (secondary N) is 1. The molecule has 0 radical (unpaired) electrons. The van der Waals surface area contributed by atoms with Gasteiger partial charge in [-0.15, -0.1) is 0 Å². The van der Waals surface area contributed by atoms with Crippen LogP contribution in [0.5, 0.6) is 0 Å². The second-order valence-electron chi connectivity index (χ2n) is 8.44. The maximum absolute atomic E-state index is 11.2. The first-order chi connectivity index (χ1) is 13.1. The standard InChI is InChI=1S/C20H37N5O2/c1-2-22-19(25-13-7-20(15-25)8-14-27-16-20)23-9-3-4-10-24-11-5-17(6-12-24)18(21)26/h17H,2-16H2,1H3,(H2,21,26)(H,22,23). The van der Waals surface area contributed by atoms with E-state index in [0.29, 0.717) is 5.41 Å². The van der Waals surface area contributed by atoms with Gasteiger partial charge in [-0.3, -0.25) is 9.79 Å². The monoisotopic (exact) mass is 379 g/mol. The van der Waals surface area contributed by atoms with E-state index in [0.717, 1.165) is 90.7 Å². The maximum atomic E-state index is 11.2. The van der Waals surface area contributed by atoms with Crippen LogP contribution in [0.4, 0.5) is 0 Å². The summed E-state index contributed by atoms with van der Waals surface area (Å²) in [4.78, 5) is 21.0. The van der Waals surface area contributed by atoms with E-state index >= 15 is 0 Å². The Bertz CT molecular complexity index is 511. The number of ether oxygens (including phenoxy) is 1. The van der Waals surface area contributed by atoms with Gasteiger partial charge in [0.1, 0.15) is 0 Å². The number of piperidine rings is 1. The number of amides is 1. The van der Waals surface area contributed by atoms with Crippen LogP contribution in [0.15, 0.2) is 4.99 Å². The molecule has 1 amide bonds. The SMILES string of the molecule is CCNC(=NCCCCN1CCC(C(N)=O)CC1)N1CCC2(CCOC2)C1. The molecule has 7 heteroatoms. The molecule has 27 heavy (non-hydrogen) atoms. The summed E-state index contributed by atoms with van der Waals surface area (Å²) < 4.78 is 5.64. The average Bonchev–Trinajstić information content (AvgIpc) is 3.31. The molecular weight excluding hydrogens is 342 g/mol. The fourth-order valence-electron chi connectivity index (χ4n) is 4.59. The highest BCUT2D eigenvalue weighted by Crippen LogP contribution is 2.38. The molecule has 7 nitrogen and oxygen atoms in total. The highest BCUT2D eigenvalue weighted by Gasteiger charge is 2.42. The van der Waals surface area contributed by atoms with Crippen molar-refractivity contribution in [3.05, 3.63) is 0 Å². The first-order valence-corrected chi connectivity index (χ1v) is 10.7. The van der Waals surface area contributed by atoms with Crippen molar-refractivity contribution >= 4 is 11.9 Å². The largest absolute Gasteiger partial charge is 0.381 e. The molecule has 1 atom stereocenters. The average molecular weight is 380 g/mol. The molecule has 0 saturated carbocycles. The van der Waals surface area contributed by atoms with Gasteiger partial charge in [-0.2, -0.15) is 0 Å². The summed E-state index contributed by atoms with van der Waals surface area (Å²) in [5.74, 6) is 1.03. The van der Waals surface area contributed by atoms with E-state index in [-0.39, 0.29) is 11.8 Å². The Hall–Kier alpha value is -1.34. The van der Waals surface area contributed by atoms with Crippen LogP contribution >= 0.6 is 0 Å². The number of hydrogen-bond donors (Lipinski definition) is 2. The van der Waals surface area contributed by atoms with E-state index in [4.69, 9.17) is 15.5 Å². The Morgan fingerprint density at radius 1 is 1.26 bits per heavy atom. The minimum Gasteiger partial charge on any atom is -0.381 e. The number of nitrogens with zero attached hydrogens (tertiary/aromatic N) is 3. The normalized spacial score (nSPS) is 27.6. The summed E-state index contributed by atoms with van der Waals surface area (Å²) in [5.41, 5.74) is 5.77. The van der Waals surface area contributed by atoms with Gasteiger partial charge in [0.05, 0.1) is 6.61 Å². The van der Waals surface area contributed by atoms with E-state index in [2.05, 4.69) is 22.0 Å². The quantitative estimate of drug-likeness (QED) is 0.392. The number of nitrogens with two attached hydrogens (primary N) is 1. The molecule has 3 aliphatic rings. The predicted octanol–water partition coefficient (Wildman–Crippen LogP) is 1.04. The molecule has 1 unspecified atom stereocenters. The van der Waals surface area contributed by atoms with E-state index in [1.807, 2.05) is 0 Å². The summed E-state index contributed by atoms with van der Waals surface area (Å²) in [5, 5.41) is 3.47. The molecule has 0 aromatic carbocycles. The third-order valence-electron chi connectivity index (χ3n) is 6.39. The summed E-state index contributed by atoms with van der Waals surface area (Å²) >= 11 is 0. The number of carbonyl (C=O) groups is 1. The predicted molar refractivity (Wildman–Crippen MR) is 108 cm³/mol. The van der Waals surface area contributed by atoms with Gasteiger partial charge < -0.3 is 25.6 Å². The molecule has 3 aliphatic heterocycles. The minimum atomic E-state index is -0.132. The van der Waals surface area contributed by atoms with Crippen molar-refractivity contribution in [3.8, 4) is 0 Å². The second-order valence-corrected chi connectivity index (χ2v) is 8.44. The summed E-state index contributed by atoms with van der Waals surface area (Å²) in [7, 11) is 0. The van der Waals surface area contributed by atoms with Crippen molar-refractivity contribution in [2.45, 2.75) is 45.4 Å². The zero-order chi connectivity index (χ0) is 19.1. The number of primary amides is 1. The van der Waals surface area contributed by atoms with E-state index in [9.17, 15) is 4.79 Å². The summed E-state index contributed by atoms with van der Waals surface area (Å²) in [6.07, 6.45) is 6.50. The maximum Gasteiger partial charge on any atom is 0.220 e. The lowest BCUT2D eigenvalue weighted by Gasteiger charge is -2.30. The number of rotatable bonds is 7. The van der Waals surface area contributed by atoms with Crippen LogP contribution in [0.3, 0.4) is 0 Å². The lowest BCUT2D eigenvalue weighted by atomic mass is 9.87. The third-order valence-corrected chi connectivity index (χ3v) is 6.39. The first-order valence-electron chi connectivity index (χ1n) is 10.7. The molecular formula is C20H37N5O2. The molecule has 0 bridgehead atoms. The molecule has 3 fully saturated rings. The number of aliphatic imine (C=N–C) groups is 1. The van der Waals surface area contributed by atoms with Gasteiger partial charge >= 0.3 is 0 Å². The van der Waals surface area contributed by atoms with Crippen molar-refractivity contribution in [2.75, 3.05) is 59.0 Å². The molecule has 3 N–H and O–H groups in total. The Morgan fingerprint density at radius 2 is 2.07 bits per heavy atom. The van der Waals surface area contributed by atoms with Crippen LogP contribution in [0.25, 0.3) is 0 Å². The Morgan fingerprint density at radius 3 is 2.74 bits per heavy atom. The zero-order valence-corrected chi connectivity index (χ0v) is 16.9. The highest BCUT2D eigenvalue weighted by atomic mass is 16.5. The van der Waals surface area contributed by atoms with Crippen LogP contribution in [0.2, 0.25) is 0 Å². The van der Waals surface area contributed by atoms with Crippen molar-refractivity contribution in [2.24, 2.45) is 22.1 Å². The fourth-order valence-corrected chi connectivity index (χ4v) is 4.59. The lowest BCUT2D eigenvalue weighted by molar-refractivity contribution is -0.123. The van der Waals surface area contributed by atoms with Gasteiger partial charge in [0.2, 0.25) is 5.91 Å². The second kappa shape index (κ2) is 9.73. The molecule has 0 aromatic heterocycles. The topological polar surface area (TPSA) is 83.2 Å². The van der Waals surface area contributed by atoms with Crippen LogP contribution in [-0.4, -0.2) is 80.7 Å². The Kier molecular flexibility index (Phi) is 7.35. The minimum absolute atomic E-state index is 0.0857. The molecule has 3 saturated heterocycles. The van der Waals surface area contributed by atoms with Crippen molar-refractivity contribution in [1.82, 2.24) is 15.1 Å². The molecule has 3 heterocycles. The van der Waals surface area contributed by atoms with Gasteiger partial charge in [-0.1, -0.05) is 0 Å². The molecule has 3 rings (SSSR count). The zero-order valence-electron chi connectivity index (χ0n) is 16.9. The van der Waals surface area contributed by atoms with Crippen LogP contribution in [0, 0.1) is 11.3 Å². The van der Waals surface area contributed by atoms with Gasteiger partial charge in [-0.05, 0) is 65.1 Å². The number of carbonyl (C=O) groups excluding carboxylic acids is 1. The van der Waals surface area contributed by atoms with Gasteiger partial charge in [0.25, 0.3) is 0 Å². The Labute approximate surface area is 163 Å². The van der Waals surface area contributed by atoms with Crippen LogP contribution in [0.1, 0.15) is 45.4 Å². The number of likely N-dealkylation sites (tertiary alicyclic amines) is 2. The Balaban J connectivity index is 1.36. The van der Waals surface area contributed by atoms with Gasteiger partial charge in [-0.25, -0.2) is 0 Å². The smallest absolute Gasteiger partial charge is 0.220 e. The molecule has 0 aliphatic carbocycles. The molecule has 1 spiro atoms. The van der Waals surface area contributed by atoms with Crippen molar-refractivity contribution in [1.29, 1.82) is 0 Å². The van der Waals surface area contributed by atoms with E-state index < -0.39 is 0 Å². The van der Waals surface area contributed by atoms with E-state index in [1.165, 1.54) is 12.8 Å². The van der Waals surface area contributed by atoms with Crippen LogP contribution in [-0.2, 0) is 9.53 Å².